The maximum absolute atomic E-state index is 5.39. The lowest BCUT2D eigenvalue weighted by Gasteiger charge is -2.07. The summed E-state index contributed by atoms with van der Waals surface area (Å²) in [6.45, 7) is 0.473. The van der Waals surface area contributed by atoms with Crippen LogP contribution in [0.5, 0.6) is 0 Å². The first kappa shape index (κ1) is 14.6. The molecule has 0 aliphatic heterocycles. The molecule has 0 spiro atoms. The van der Waals surface area contributed by atoms with Crippen molar-refractivity contribution in [3.8, 4) is 11.1 Å². The highest BCUT2D eigenvalue weighted by Gasteiger charge is 2.02. The lowest BCUT2D eigenvalue weighted by molar-refractivity contribution is 0.132. The average Bonchev–Trinajstić information content (AvgIpc) is 2.61. The second-order valence-corrected chi connectivity index (χ2v) is 5.52. The summed E-state index contributed by atoms with van der Waals surface area (Å²) in [4.78, 5) is 5.39. The van der Waals surface area contributed by atoms with E-state index < -0.39 is 0 Å². The molecule has 0 saturated heterocycles. The minimum Gasteiger partial charge on any atom is -0.390 e. The summed E-state index contributed by atoms with van der Waals surface area (Å²) in [7, 11) is 0. The molecule has 0 fully saturated rings. The van der Waals surface area contributed by atoms with Gasteiger partial charge in [-0.25, -0.2) is 0 Å². The first-order valence-electron chi connectivity index (χ1n) is 7.83. The van der Waals surface area contributed by atoms with E-state index in [1.54, 1.807) is 0 Å². The van der Waals surface area contributed by atoms with E-state index in [1.165, 1.54) is 29.5 Å². The maximum atomic E-state index is 5.39. The Labute approximate surface area is 132 Å². The number of hydrogen-bond acceptors (Lipinski definition) is 2. The van der Waals surface area contributed by atoms with Crippen LogP contribution in [0.2, 0.25) is 0 Å². The van der Waals surface area contributed by atoms with Gasteiger partial charge in [0.1, 0.15) is 12.8 Å². The molecule has 0 bridgehead atoms. The molecule has 0 aromatic heterocycles. The van der Waals surface area contributed by atoms with Gasteiger partial charge in [0.2, 0.25) is 0 Å². The zero-order chi connectivity index (χ0) is 15.0. The molecule has 0 unspecified atom stereocenters. The standard InChI is InChI=1S/C20H20NO/c1-3-8-17(9-4-1)15-21-22-16-18-10-7-13-20(14-18)19-11-5-2-6-12-19/h2,5-8,10-14H,1,3-4,9,16H2. The number of rotatable bonds is 5. The lowest BCUT2D eigenvalue weighted by Crippen LogP contribution is -1.94. The van der Waals surface area contributed by atoms with Gasteiger partial charge < -0.3 is 4.84 Å². The van der Waals surface area contributed by atoms with Crippen molar-refractivity contribution < 1.29 is 4.84 Å². The smallest absolute Gasteiger partial charge is 0.142 e. The molecular formula is C20H20NO. The van der Waals surface area contributed by atoms with Crippen LogP contribution in [0.25, 0.3) is 11.1 Å². The van der Waals surface area contributed by atoms with Gasteiger partial charge in [-0.05, 0) is 54.0 Å². The molecule has 0 N–H and O–H groups in total. The van der Waals surface area contributed by atoms with Gasteiger partial charge in [-0.2, -0.15) is 0 Å². The number of hydrogen-bond donors (Lipinski definition) is 0. The van der Waals surface area contributed by atoms with E-state index in [0.29, 0.717) is 6.61 Å². The van der Waals surface area contributed by atoms with Crippen LogP contribution in [0.4, 0.5) is 0 Å². The summed E-state index contributed by atoms with van der Waals surface area (Å²) in [5.41, 5.74) is 4.70. The molecule has 1 aliphatic carbocycles. The van der Waals surface area contributed by atoms with Gasteiger partial charge in [0.25, 0.3) is 0 Å². The van der Waals surface area contributed by atoms with Gasteiger partial charge in [0, 0.05) is 0 Å². The van der Waals surface area contributed by atoms with Crippen LogP contribution in [0.15, 0.2) is 71.4 Å². The van der Waals surface area contributed by atoms with Crippen molar-refractivity contribution in [3.63, 3.8) is 0 Å². The third-order valence-electron chi connectivity index (χ3n) is 3.81. The Morgan fingerprint density at radius 1 is 0.955 bits per heavy atom. The highest BCUT2D eigenvalue weighted by atomic mass is 16.6. The summed E-state index contributed by atoms with van der Waals surface area (Å²) in [6, 6.07) is 18.7. The highest BCUT2D eigenvalue weighted by molar-refractivity contribution is 5.78. The molecule has 111 valence electrons. The fourth-order valence-electron chi connectivity index (χ4n) is 2.61. The molecule has 0 heterocycles. The Kier molecular flexibility index (Phi) is 5.04. The summed E-state index contributed by atoms with van der Waals surface area (Å²) < 4.78 is 0. The third-order valence-corrected chi connectivity index (χ3v) is 3.81. The SMILES string of the molecule is [C](=N/OCc1cccc(-c2ccccc2)c1)/C1=CCCCC1. The average molecular weight is 290 g/mol. The molecule has 0 saturated carbocycles. The Bertz CT molecular complexity index is 658. The van der Waals surface area contributed by atoms with Crippen LogP contribution in [-0.4, -0.2) is 6.21 Å². The molecule has 2 heteroatoms. The zero-order valence-electron chi connectivity index (χ0n) is 12.7. The van der Waals surface area contributed by atoms with E-state index in [-0.39, 0.29) is 0 Å². The predicted octanol–water partition coefficient (Wildman–Crippen LogP) is 5.23. The molecule has 2 aromatic rings. The van der Waals surface area contributed by atoms with Crippen LogP contribution in [0.1, 0.15) is 31.2 Å². The summed E-state index contributed by atoms with van der Waals surface area (Å²) >= 11 is 0. The Morgan fingerprint density at radius 2 is 1.82 bits per heavy atom. The first-order chi connectivity index (χ1) is 10.9. The lowest BCUT2D eigenvalue weighted by atomic mass is 10.0. The van der Waals surface area contributed by atoms with E-state index in [1.807, 2.05) is 6.07 Å². The summed E-state index contributed by atoms with van der Waals surface area (Å²) in [5, 5.41) is 3.97. The van der Waals surface area contributed by atoms with Crippen molar-refractivity contribution in [2.75, 3.05) is 0 Å². The van der Waals surface area contributed by atoms with Gasteiger partial charge in [0.05, 0.1) is 0 Å². The molecule has 3 rings (SSSR count). The molecule has 2 nitrogen and oxygen atoms in total. The van der Waals surface area contributed by atoms with Crippen LogP contribution < -0.4 is 0 Å². The van der Waals surface area contributed by atoms with Crippen LogP contribution in [-0.2, 0) is 11.4 Å². The largest absolute Gasteiger partial charge is 0.390 e. The Morgan fingerprint density at radius 3 is 2.64 bits per heavy atom. The minimum atomic E-state index is 0.473. The van der Waals surface area contributed by atoms with Gasteiger partial charge in [-0.1, -0.05) is 59.8 Å². The van der Waals surface area contributed by atoms with Crippen LogP contribution in [0, 0.1) is 0 Å². The second kappa shape index (κ2) is 7.60. The fraction of sp³-hybridized carbons (Fsp3) is 0.250. The third kappa shape index (κ3) is 4.08. The van der Waals surface area contributed by atoms with Crippen LogP contribution >= 0.6 is 0 Å². The van der Waals surface area contributed by atoms with E-state index in [0.717, 1.165) is 18.4 Å². The van der Waals surface area contributed by atoms with Gasteiger partial charge in [-0.15, -0.1) is 0 Å². The molecule has 22 heavy (non-hydrogen) atoms. The topological polar surface area (TPSA) is 21.6 Å². The highest BCUT2D eigenvalue weighted by Crippen LogP contribution is 2.20. The van der Waals surface area contributed by atoms with Crippen molar-refractivity contribution in [3.05, 3.63) is 71.8 Å². The maximum Gasteiger partial charge on any atom is 0.142 e. The molecule has 1 aliphatic rings. The Balaban J connectivity index is 1.59. The minimum absolute atomic E-state index is 0.473. The molecular weight excluding hydrogens is 270 g/mol. The first-order valence-corrected chi connectivity index (χ1v) is 7.83. The van der Waals surface area contributed by atoms with Crippen molar-refractivity contribution >= 4 is 6.21 Å². The van der Waals surface area contributed by atoms with Crippen molar-refractivity contribution in [1.82, 2.24) is 0 Å². The molecule has 2 aromatic carbocycles. The summed E-state index contributed by atoms with van der Waals surface area (Å²) in [5.74, 6) is 0. The quantitative estimate of drug-likeness (QED) is 0.545. The predicted molar refractivity (Wildman–Crippen MR) is 90.7 cm³/mol. The molecule has 1 radical (unpaired) electrons. The van der Waals surface area contributed by atoms with E-state index >= 15 is 0 Å². The Hall–Kier alpha value is -2.35. The molecule has 0 atom stereocenters. The van der Waals surface area contributed by atoms with Crippen molar-refractivity contribution in [2.45, 2.75) is 32.3 Å². The van der Waals surface area contributed by atoms with Crippen molar-refractivity contribution in [1.29, 1.82) is 0 Å². The molecule has 0 amide bonds. The zero-order valence-corrected chi connectivity index (χ0v) is 12.7. The monoisotopic (exact) mass is 290 g/mol. The van der Waals surface area contributed by atoms with Gasteiger partial charge in [0.15, 0.2) is 0 Å². The number of benzene rings is 2. The fourth-order valence-corrected chi connectivity index (χ4v) is 2.61. The van der Waals surface area contributed by atoms with Crippen molar-refractivity contribution in [2.24, 2.45) is 5.16 Å². The normalized spacial score (nSPS) is 14.8. The number of allylic oxidation sites excluding steroid dienone is 2. The van der Waals surface area contributed by atoms with E-state index in [9.17, 15) is 0 Å². The van der Waals surface area contributed by atoms with E-state index in [4.69, 9.17) is 4.84 Å². The van der Waals surface area contributed by atoms with Gasteiger partial charge in [-0.3, -0.25) is 0 Å². The van der Waals surface area contributed by atoms with Crippen LogP contribution in [0.3, 0.4) is 0 Å². The summed E-state index contributed by atoms with van der Waals surface area (Å²) in [6.07, 6.45) is 9.91. The second-order valence-electron chi connectivity index (χ2n) is 5.52. The van der Waals surface area contributed by atoms with E-state index in [2.05, 4.69) is 66.0 Å². The number of nitrogens with zero attached hydrogens (tertiary/aromatic N) is 1. The van der Waals surface area contributed by atoms with Gasteiger partial charge >= 0.3 is 0 Å².